The van der Waals surface area contributed by atoms with E-state index >= 15 is 0 Å². The molecule has 0 aliphatic carbocycles. The van der Waals surface area contributed by atoms with Gasteiger partial charge in [0.05, 0.1) is 46.2 Å². The molecule has 0 bridgehead atoms. The lowest BCUT2D eigenvalue weighted by Gasteiger charge is -2.34. The van der Waals surface area contributed by atoms with Gasteiger partial charge in [0.2, 0.25) is 6.20 Å². The summed E-state index contributed by atoms with van der Waals surface area (Å²) in [5.74, 6) is 2.40. The van der Waals surface area contributed by atoms with Crippen LogP contribution in [0.15, 0.2) is 94.6 Å². The molecule has 2 atom stereocenters. The molecule has 0 amide bonds. The van der Waals surface area contributed by atoms with Crippen LogP contribution in [-0.4, -0.2) is 59.0 Å². The Labute approximate surface area is 283 Å². The van der Waals surface area contributed by atoms with E-state index in [2.05, 4.69) is 15.2 Å². The van der Waals surface area contributed by atoms with E-state index in [1.807, 2.05) is 79.0 Å². The Morgan fingerprint density at radius 3 is 2.31 bits per heavy atom. The maximum atomic E-state index is 14.1. The first-order valence-electron chi connectivity index (χ1n) is 16.0. The molecule has 12 heteroatoms. The molecule has 1 aliphatic rings. The Morgan fingerprint density at radius 1 is 0.938 bits per heavy atom. The molecule has 252 valence electrons. The molecule has 3 aromatic carbocycles. The van der Waals surface area contributed by atoms with Crippen molar-refractivity contribution in [2.45, 2.75) is 30.7 Å². The van der Waals surface area contributed by atoms with Crippen molar-refractivity contribution >= 4 is 52.6 Å². The number of nitrogens with zero attached hydrogens (tertiary/aromatic N) is 4. The zero-order chi connectivity index (χ0) is 33.9. The number of anilines is 2. The van der Waals surface area contributed by atoms with Gasteiger partial charge < -0.3 is 19.7 Å². The maximum Gasteiger partial charge on any atom is 0.251 e. The predicted molar refractivity (Wildman–Crippen MR) is 194 cm³/mol. The molecule has 3 heterocycles. The highest BCUT2D eigenvalue weighted by Crippen LogP contribution is 2.32. The smallest absolute Gasteiger partial charge is 0.251 e. The Hall–Kier alpha value is -4.42. The number of pyridine rings is 2. The average Bonchev–Trinajstić information content (AvgIpc) is 3.09. The van der Waals surface area contributed by atoms with Gasteiger partial charge in [-0.1, -0.05) is 12.1 Å². The maximum absolute atomic E-state index is 14.1. The summed E-state index contributed by atoms with van der Waals surface area (Å²) in [6.45, 7) is 2.36. The summed E-state index contributed by atoms with van der Waals surface area (Å²) < 4.78 is 51.1. The lowest BCUT2D eigenvalue weighted by Crippen LogP contribution is -2.36. The van der Waals surface area contributed by atoms with Gasteiger partial charge in [-0.05, 0) is 77.9 Å². The number of hydrogen-bond acceptors (Lipinski definition) is 9. The van der Waals surface area contributed by atoms with Crippen LogP contribution in [0.5, 0.6) is 11.5 Å². The fraction of sp³-hybridized carbons (Fsp3) is 0.333. The van der Waals surface area contributed by atoms with E-state index in [9.17, 15) is 8.42 Å². The lowest BCUT2D eigenvalue weighted by atomic mass is 9.94. The highest BCUT2D eigenvalue weighted by molar-refractivity contribution is 7.92. The normalized spacial score (nSPS) is 16.3. The number of rotatable bonds is 11. The molecule has 5 aromatic rings. The van der Waals surface area contributed by atoms with Crippen LogP contribution in [0.2, 0.25) is 0 Å². The first-order valence-corrected chi connectivity index (χ1v) is 20.1. The van der Waals surface area contributed by atoms with Crippen molar-refractivity contribution < 1.29 is 22.6 Å². The molecule has 2 aromatic heterocycles. The number of hydrogen-bond donors (Lipinski definition) is 2. The summed E-state index contributed by atoms with van der Waals surface area (Å²) in [6, 6.07) is 23.5. The van der Waals surface area contributed by atoms with Crippen molar-refractivity contribution in [3.63, 3.8) is 0 Å². The van der Waals surface area contributed by atoms with Crippen LogP contribution in [0, 0.1) is 10.7 Å². The zero-order valence-electron chi connectivity index (χ0n) is 27.8. The number of piperidine rings is 1. The van der Waals surface area contributed by atoms with Gasteiger partial charge in [0, 0.05) is 77.0 Å². The lowest BCUT2D eigenvalue weighted by molar-refractivity contribution is -0.649. The Balaban J connectivity index is 1.21. The van der Waals surface area contributed by atoms with Crippen LogP contribution < -0.4 is 24.4 Å². The third kappa shape index (κ3) is 7.65. The first-order chi connectivity index (χ1) is 23.0. The number of fused-ring (bicyclic) bond motifs is 2. The predicted octanol–water partition coefficient (Wildman–Crippen LogP) is 6.51. The second kappa shape index (κ2) is 14.0. The fourth-order valence-electron chi connectivity index (χ4n) is 6.24. The van der Waals surface area contributed by atoms with Crippen LogP contribution >= 0.6 is 0 Å². The van der Waals surface area contributed by atoms with Gasteiger partial charge in [-0.15, -0.1) is 0 Å². The van der Waals surface area contributed by atoms with Crippen molar-refractivity contribution in [1.29, 1.82) is 4.78 Å². The van der Waals surface area contributed by atoms with E-state index < -0.39 is 19.5 Å². The molecule has 2 unspecified atom stereocenters. The van der Waals surface area contributed by atoms with Crippen molar-refractivity contribution in [1.82, 2.24) is 4.98 Å². The summed E-state index contributed by atoms with van der Waals surface area (Å²) in [7, 11) is -1.98. The largest absolute Gasteiger partial charge is 0.497 e. The van der Waals surface area contributed by atoms with E-state index in [1.54, 1.807) is 31.3 Å². The van der Waals surface area contributed by atoms with Crippen LogP contribution in [0.1, 0.15) is 24.8 Å². The Kier molecular flexibility index (Phi) is 9.75. The van der Waals surface area contributed by atoms with E-state index in [4.69, 9.17) is 18.7 Å². The van der Waals surface area contributed by atoms with Crippen molar-refractivity contribution in [2.24, 2.45) is 10.4 Å². The number of benzene rings is 3. The van der Waals surface area contributed by atoms with Gasteiger partial charge in [0.15, 0.2) is 0 Å². The molecule has 1 aliphatic heterocycles. The summed E-state index contributed by atoms with van der Waals surface area (Å²) in [4.78, 5) is 7.48. The molecule has 0 radical (unpaired) electrons. The van der Waals surface area contributed by atoms with E-state index in [1.165, 1.54) is 6.26 Å². The zero-order valence-corrected chi connectivity index (χ0v) is 29.5. The third-order valence-corrected chi connectivity index (χ3v) is 11.7. The van der Waals surface area contributed by atoms with Gasteiger partial charge in [0.1, 0.15) is 21.2 Å². The molecule has 1 saturated heterocycles. The molecule has 1 fully saturated rings. The monoisotopic (exact) mass is 687 g/mol. The van der Waals surface area contributed by atoms with Gasteiger partial charge in [-0.3, -0.25) is 14.0 Å². The number of methoxy groups -OCH3 is 2. The average molecular weight is 688 g/mol. The van der Waals surface area contributed by atoms with Gasteiger partial charge in [-0.25, -0.2) is 4.21 Å². The molecule has 2 N–H and O–H groups in total. The Morgan fingerprint density at radius 2 is 1.62 bits per heavy atom. The number of aromatic nitrogens is 2. The SMILES string of the molecule is COc1ccc2c(NCc3ccc(S(C)(=O)=N[n+]4ccc(N5CCC(CCS(C)(=N)=O)CC5)c5ccc(OC)cc54)cc3)ccnc2c1. The summed E-state index contributed by atoms with van der Waals surface area (Å²) in [5.41, 5.74) is 4.79. The minimum atomic E-state index is -2.80. The second-order valence-corrected chi connectivity index (χ2v) is 17.1. The van der Waals surface area contributed by atoms with E-state index in [0.717, 1.165) is 76.8 Å². The minimum absolute atomic E-state index is 0.461. The second-order valence-electron chi connectivity index (χ2n) is 12.5. The topological polar surface area (TPSA) is 121 Å². The number of ether oxygens (including phenoxy) is 2. The van der Waals surface area contributed by atoms with E-state index in [-0.39, 0.29) is 0 Å². The quantitative estimate of drug-likeness (QED) is 0.152. The molecule has 48 heavy (non-hydrogen) atoms. The van der Waals surface area contributed by atoms with Crippen LogP contribution in [0.3, 0.4) is 0 Å². The summed E-state index contributed by atoms with van der Waals surface area (Å²) in [6.07, 6.45) is 9.68. The Bertz CT molecular complexity index is 2170. The van der Waals surface area contributed by atoms with Crippen LogP contribution in [0.25, 0.3) is 21.8 Å². The fourth-order valence-corrected chi connectivity index (χ4v) is 8.23. The third-order valence-electron chi connectivity index (χ3n) is 9.01. The van der Waals surface area contributed by atoms with Gasteiger partial charge in [-0.2, -0.15) is 0 Å². The van der Waals surface area contributed by atoms with E-state index in [0.29, 0.717) is 28.9 Å². The van der Waals surface area contributed by atoms with Crippen molar-refractivity contribution in [3.05, 3.63) is 90.8 Å². The molecular weight excluding hydrogens is 645 g/mol. The van der Waals surface area contributed by atoms with Gasteiger partial charge >= 0.3 is 0 Å². The molecular formula is C36H43N6O4S2+. The van der Waals surface area contributed by atoms with Crippen molar-refractivity contribution in [2.75, 3.05) is 55.8 Å². The van der Waals surface area contributed by atoms with Crippen LogP contribution in [-0.2, 0) is 26.0 Å². The summed E-state index contributed by atoms with van der Waals surface area (Å²) >= 11 is 0. The molecule has 0 spiro atoms. The first kappa shape index (κ1) is 33.5. The molecule has 6 rings (SSSR count). The van der Waals surface area contributed by atoms with Crippen LogP contribution in [0.4, 0.5) is 11.4 Å². The standard InChI is InChI=1S/C36H43N6O4S2/c1-45-28-7-11-31-33(13-18-38-34(31)23-28)39-25-27-5-9-30(10-6-27)48(4,44)40-42-21-16-35(32-12-8-29(46-2)24-36(32)42)41-19-14-26(15-20-41)17-22-47(3,37)43/h5-13,16,18,21,23-24,26,37H,14-15,17,19-20,22,25H2,1-4H3,(H,38,39)/q+1. The van der Waals surface area contributed by atoms with Gasteiger partial charge in [0.25, 0.3) is 5.52 Å². The minimum Gasteiger partial charge on any atom is -0.497 e. The molecule has 10 nitrogen and oxygen atoms in total. The highest BCUT2D eigenvalue weighted by atomic mass is 32.2. The molecule has 0 saturated carbocycles. The number of nitrogens with one attached hydrogen (secondary N) is 2. The summed E-state index contributed by atoms with van der Waals surface area (Å²) in [5, 5.41) is 5.51. The van der Waals surface area contributed by atoms with Crippen molar-refractivity contribution in [3.8, 4) is 11.5 Å². The highest BCUT2D eigenvalue weighted by Gasteiger charge is 2.25.